The number of benzene rings is 1. The zero-order valence-corrected chi connectivity index (χ0v) is 8.96. The van der Waals surface area contributed by atoms with Crippen molar-refractivity contribution in [2.75, 3.05) is 0 Å². The molecule has 0 heterocycles. The third kappa shape index (κ3) is 3.44. The Hall–Kier alpha value is -0.410. The van der Waals surface area contributed by atoms with Crippen LogP contribution in [0.2, 0.25) is 0 Å². The number of rotatable bonds is 3. The average molecular weight is 247 g/mol. The second-order valence-corrected chi connectivity index (χ2v) is 4.01. The molecule has 1 aromatic carbocycles. The largest absolute Gasteiger partial charge is 0.390 e. The normalized spacial score (nSPS) is 15.4. The lowest BCUT2D eigenvalue weighted by atomic mass is 10.1. The quantitative estimate of drug-likeness (QED) is 0.870. The van der Waals surface area contributed by atoms with Gasteiger partial charge in [-0.05, 0) is 24.6 Å². The van der Waals surface area contributed by atoms with Gasteiger partial charge in [-0.2, -0.15) is 0 Å². The average Bonchev–Trinajstić information content (AvgIpc) is 2.04. The van der Waals surface area contributed by atoms with Gasteiger partial charge < -0.3 is 5.11 Å². The highest BCUT2D eigenvalue weighted by Crippen LogP contribution is 2.15. The van der Waals surface area contributed by atoms with Crippen LogP contribution in [0, 0.1) is 0 Å². The second-order valence-electron chi connectivity index (χ2n) is 3.09. The maximum atomic E-state index is 13.1. The second kappa shape index (κ2) is 4.72. The summed E-state index contributed by atoms with van der Waals surface area (Å²) in [6, 6.07) is 7.45. The Morgan fingerprint density at radius 2 is 2.23 bits per heavy atom. The maximum absolute atomic E-state index is 13.1. The number of alkyl halides is 1. The van der Waals surface area contributed by atoms with E-state index in [1.807, 2.05) is 24.3 Å². The van der Waals surface area contributed by atoms with Crippen LogP contribution in [0.15, 0.2) is 28.7 Å². The van der Waals surface area contributed by atoms with Crippen LogP contribution in [0.5, 0.6) is 0 Å². The van der Waals surface area contributed by atoms with Crippen molar-refractivity contribution in [3.8, 4) is 0 Å². The molecule has 3 heteroatoms. The first-order valence-electron chi connectivity index (χ1n) is 4.16. The van der Waals surface area contributed by atoms with E-state index in [0.29, 0.717) is 0 Å². The fourth-order valence-electron chi connectivity index (χ4n) is 1.06. The molecule has 0 saturated heterocycles. The van der Waals surface area contributed by atoms with Crippen LogP contribution in [0.25, 0.3) is 0 Å². The molecule has 1 N–H and O–H groups in total. The monoisotopic (exact) mass is 246 g/mol. The minimum Gasteiger partial charge on any atom is -0.390 e. The highest BCUT2D eigenvalue weighted by molar-refractivity contribution is 9.10. The van der Waals surface area contributed by atoms with E-state index in [1.54, 1.807) is 0 Å². The summed E-state index contributed by atoms with van der Waals surface area (Å²) in [5, 5.41) is 8.96. The first-order chi connectivity index (χ1) is 6.09. The highest BCUT2D eigenvalue weighted by Gasteiger charge is 2.13. The van der Waals surface area contributed by atoms with Crippen LogP contribution < -0.4 is 0 Å². The minimum absolute atomic E-state index is 0.261. The van der Waals surface area contributed by atoms with Gasteiger partial charge in [-0.1, -0.05) is 28.1 Å². The van der Waals surface area contributed by atoms with Crippen LogP contribution in [-0.2, 0) is 6.42 Å². The summed E-state index contributed by atoms with van der Waals surface area (Å²) in [7, 11) is 0. The summed E-state index contributed by atoms with van der Waals surface area (Å²) in [6.45, 7) is 1.46. The fraction of sp³-hybridized carbons (Fsp3) is 0.400. The molecule has 1 aromatic rings. The van der Waals surface area contributed by atoms with Gasteiger partial charge in [-0.25, -0.2) is 4.39 Å². The molecule has 2 unspecified atom stereocenters. The van der Waals surface area contributed by atoms with E-state index in [0.717, 1.165) is 10.0 Å². The van der Waals surface area contributed by atoms with E-state index in [9.17, 15) is 4.39 Å². The smallest absolute Gasteiger partial charge is 0.130 e. The molecule has 2 atom stereocenters. The van der Waals surface area contributed by atoms with E-state index in [2.05, 4.69) is 15.9 Å². The van der Waals surface area contributed by atoms with Gasteiger partial charge in [0, 0.05) is 10.9 Å². The van der Waals surface area contributed by atoms with E-state index in [4.69, 9.17) is 5.11 Å². The molecule has 72 valence electrons. The summed E-state index contributed by atoms with van der Waals surface area (Å²) in [5.74, 6) is 0. The molecular formula is C10H12BrFO. The molecule has 0 amide bonds. The first kappa shape index (κ1) is 10.7. The lowest BCUT2D eigenvalue weighted by Crippen LogP contribution is -2.20. The van der Waals surface area contributed by atoms with Gasteiger partial charge >= 0.3 is 0 Å². The lowest BCUT2D eigenvalue weighted by Gasteiger charge is -2.10. The van der Waals surface area contributed by atoms with Crippen molar-refractivity contribution in [1.82, 2.24) is 0 Å². The number of aliphatic hydroxyl groups excluding tert-OH is 1. The zero-order chi connectivity index (χ0) is 9.84. The SMILES string of the molecule is CC(O)C(F)Cc1cccc(Br)c1. The van der Waals surface area contributed by atoms with E-state index < -0.39 is 12.3 Å². The third-order valence-electron chi connectivity index (χ3n) is 1.84. The third-order valence-corrected chi connectivity index (χ3v) is 2.34. The Morgan fingerprint density at radius 1 is 1.54 bits per heavy atom. The molecule has 0 aromatic heterocycles. The number of hydrogen-bond acceptors (Lipinski definition) is 1. The molecule has 0 aliphatic heterocycles. The van der Waals surface area contributed by atoms with Crippen LogP contribution in [0.3, 0.4) is 0 Å². The Labute approximate surface area is 85.7 Å². The summed E-state index contributed by atoms with van der Waals surface area (Å²) in [4.78, 5) is 0. The minimum atomic E-state index is -1.19. The Bertz CT molecular complexity index is 275. The van der Waals surface area contributed by atoms with Crippen LogP contribution in [-0.4, -0.2) is 17.4 Å². The maximum Gasteiger partial charge on any atom is 0.130 e. The molecule has 0 fully saturated rings. The van der Waals surface area contributed by atoms with Gasteiger partial charge in [0.2, 0.25) is 0 Å². The van der Waals surface area contributed by atoms with Crippen molar-refractivity contribution in [1.29, 1.82) is 0 Å². The molecular weight excluding hydrogens is 235 g/mol. The van der Waals surface area contributed by atoms with Gasteiger partial charge in [0.05, 0.1) is 6.10 Å². The van der Waals surface area contributed by atoms with Crippen molar-refractivity contribution in [2.45, 2.75) is 25.6 Å². The molecule has 0 saturated carbocycles. The number of halogens is 2. The highest BCUT2D eigenvalue weighted by atomic mass is 79.9. The van der Waals surface area contributed by atoms with E-state index >= 15 is 0 Å². The molecule has 1 nitrogen and oxygen atoms in total. The standard InChI is InChI=1S/C10H12BrFO/c1-7(13)10(12)6-8-3-2-4-9(11)5-8/h2-5,7,10,13H,6H2,1H3. The van der Waals surface area contributed by atoms with Crippen LogP contribution in [0.1, 0.15) is 12.5 Å². The molecule has 0 bridgehead atoms. The van der Waals surface area contributed by atoms with Crippen molar-refractivity contribution in [2.24, 2.45) is 0 Å². The topological polar surface area (TPSA) is 20.2 Å². The van der Waals surface area contributed by atoms with E-state index in [-0.39, 0.29) is 6.42 Å². The summed E-state index contributed by atoms with van der Waals surface area (Å²) < 4.78 is 14.0. The van der Waals surface area contributed by atoms with Gasteiger partial charge in [-0.3, -0.25) is 0 Å². The molecule has 0 radical (unpaired) electrons. The Kier molecular flexibility index (Phi) is 3.88. The van der Waals surface area contributed by atoms with Gasteiger partial charge in [-0.15, -0.1) is 0 Å². The molecule has 0 aliphatic rings. The molecule has 0 spiro atoms. The van der Waals surface area contributed by atoms with Crippen molar-refractivity contribution < 1.29 is 9.50 Å². The number of aliphatic hydroxyl groups is 1. The van der Waals surface area contributed by atoms with Gasteiger partial charge in [0.1, 0.15) is 6.17 Å². The molecule has 0 aliphatic carbocycles. The first-order valence-corrected chi connectivity index (χ1v) is 4.95. The van der Waals surface area contributed by atoms with Crippen LogP contribution in [0.4, 0.5) is 4.39 Å². The predicted molar refractivity (Wildman–Crippen MR) is 54.4 cm³/mol. The summed E-state index contributed by atoms with van der Waals surface area (Å²) in [5.41, 5.74) is 0.891. The summed E-state index contributed by atoms with van der Waals surface area (Å²) in [6.07, 6.45) is -1.83. The molecule has 1 rings (SSSR count). The fourth-order valence-corrected chi connectivity index (χ4v) is 1.51. The van der Waals surface area contributed by atoms with Crippen LogP contribution >= 0.6 is 15.9 Å². The molecule has 13 heavy (non-hydrogen) atoms. The van der Waals surface area contributed by atoms with Crippen molar-refractivity contribution >= 4 is 15.9 Å². The van der Waals surface area contributed by atoms with Gasteiger partial charge in [0.15, 0.2) is 0 Å². The van der Waals surface area contributed by atoms with Gasteiger partial charge in [0.25, 0.3) is 0 Å². The van der Waals surface area contributed by atoms with E-state index in [1.165, 1.54) is 6.92 Å². The zero-order valence-electron chi connectivity index (χ0n) is 7.37. The number of hydrogen-bond donors (Lipinski definition) is 1. The lowest BCUT2D eigenvalue weighted by molar-refractivity contribution is 0.0932. The van der Waals surface area contributed by atoms with Crippen molar-refractivity contribution in [3.05, 3.63) is 34.3 Å². The Morgan fingerprint density at radius 3 is 2.77 bits per heavy atom. The predicted octanol–water partition coefficient (Wildman–Crippen LogP) is 2.71. The summed E-state index contributed by atoms with van der Waals surface area (Å²) >= 11 is 3.30. The Balaban J connectivity index is 2.64. The van der Waals surface area contributed by atoms with Crippen molar-refractivity contribution in [3.63, 3.8) is 0 Å².